The van der Waals surface area contributed by atoms with Crippen LogP contribution >= 0.6 is 0 Å². The highest BCUT2D eigenvalue weighted by Gasteiger charge is 2.30. The van der Waals surface area contributed by atoms with Crippen molar-refractivity contribution in [1.29, 1.82) is 0 Å². The standard InChI is InChI=1S/C16H28O4SSi/c1-6-22(7-2,8-3)19-13-15(5)20-21(17,18)16-11-9-14(4)10-12-16/h9-12,15H,6-8,13H2,1-5H3/t15-/m1/s1. The first-order chi connectivity index (χ1) is 10.3. The minimum atomic E-state index is -3.73. The molecule has 1 atom stereocenters. The molecule has 4 nitrogen and oxygen atoms in total. The summed E-state index contributed by atoms with van der Waals surface area (Å²) < 4.78 is 35.8. The molecular weight excluding hydrogens is 316 g/mol. The van der Waals surface area contributed by atoms with Crippen LogP contribution in [-0.4, -0.2) is 29.4 Å². The minimum Gasteiger partial charge on any atom is -0.414 e. The van der Waals surface area contributed by atoms with Gasteiger partial charge in [0.05, 0.1) is 17.6 Å². The van der Waals surface area contributed by atoms with Crippen LogP contribution in [0.2, 0.25) is 18.1 Å². The largest absolute Gasteiger partial charge is 0.414 e. The van der Waals surface area contributed by atoms with Gasteiger partial charge in [-0.1, -0.05) is 38.5 Å². The summed E-state index contributed by atoms with van der Waals surface area (Å²) in [5.74, 6) is 0. The summed E-state index contributed by atoms with van der Waals surface area (Å²) in [6.45, 7) is 10.4. The molecule has 0 unspecified atom stereocenters. The Bertz CT molecular complexity index is 542. The maximum atomic E-state index is 12.2. The van der Waals surface area contributed by atoms with Crippen molar-refractivity contribution in [2.45, 2.75) is 63.8 Å². The Labute approximate surface area is 136 Å². The summed E-state index contributed by atoms with van der Waals surface area (Å²) in [6, 6.07) is 9.79. The summed E-state index contributed by atoms with van der Waals surface area (Å²) in [4.78, 5) is 0.190. The van der Waals surface area contributed by atoms with Gasteiger partial charge in [-0.15, -0.1) is 0 Å². The average molecular weight is 345 g/mol. The molecule has 0 saturated heterocycles. The summed E-state index contributed by atoms with van der Waals surface area (Å²) in [5.41, 5.74) is 1.01. The topological polar surface area (TPSA) is 52.6 Å². The lowest BCUT2D eigenvalue weighted by atomic mass is 10.2. The number of hydrogen-bond donors (Lipinski definition) is 0. The molecule has 0 aliphatic heterocycles. The van der Waals surface area contributed by atoms with Gasteiger partial charge in [0.1, 0.15) is 0 Å². The molecule has 0 aliphatic rings. The van der Waals surface area contributed by atoms with Crippen LogP contribution in [-0.2, 0) is 18.7 Å². The Balaban J connectivity index is 2.68. The fraction of sp³-hybridized carbons (Fsp3) is 0.625. The summed E-state index contributed by atoms with van der Waals surface area (Å²) in [7, 11) is -5.45. The maximum absolute atomic E-state index is 12.2. The first-order valence-corrected chi connectivity index (χ1v) is 11.9. The quantitative estimate of drug-likeness (QED) is 0.500. The fourth-order valence-electron chi connectivity index (χ4n) is 2.35. The molecule has 0 saturated carbocycles. The molecule has 1 aromatic rings. The van der Waals surface area contributed by atoms with Crippen LogP contribution in [0, 0.1) is 6.92 Å². The SMILES string of the molecule is CC[Si](CC)(CC)OC[C@@H](C)OS(=O)(=O)c1ccc(C)cc1. The summed E-state index contributed by atoms with van der Waals surface area (Å²) in [6.07, 6.45) is -0.483. The van der Waals surface area contributed by atoms with E-state index in [9.17, 15) is 8.42 Å². The Kier molecular flexibility index (Phi) is 7.25. The zero-order valence-electron chi connectivity index (χ0n) is 14.3. The lowest BCUT2D eigenvalue weighted by Gasteiger charge is -2.29. The maximum Gasteiger partial charge on any atom is 0.297 e. The van der Waals surface area contributed by atoms with Crippen molar-refractivity contribution in [3.63, 3.8) is 0 Å². The van der Waals surface area contributed by atoms with Gasteiger partial charge in [0.2, 0.25) is 0 Å². The molecule has 22 heavy (non-hydrogen) atoms. The monoisotopic (exact) mass is 344 g/mol. The van der Waals surface area contributed by atoms with Crippen molar-refractivity contribution < 1.29 is 17.0 Å². The molecule has 0 bridgehead atoms. The third-order valence-corrected chi connectivity index (χ3v) is 10.2. The van der Waals surface area contributed by atoms with Gasteiger partial charge in [-0.3, -0.25) is 4.18 Å². The van der Waals surface area contributed by atoms with Crippen molar-refractivity contribution in [1.82, 2.24) is 0 Å². The van der Waals surface area contributed by atoms with Crippen molar-refractivity contribution in [2.75, 3.05) is 6.61 Å². The molecule has 1 rings (SSSR count). The number of hydrogen-bond acceptors (Lipinski definition) is 4. The van der Waals surface area contributed by atoms with E-state index in [1.54, 1.807) is 31.2 Å². The van der Waals surface area contributed by atoms with Crippen LogP contribution in [0.15, 0.2) is 29.2 Å². The number of rotatable bonds is 9. The van der Waals surface area contributed by atoms with Crippen LogP contribution in [0.1, 0.15) is 33.3 Å². The molecule has 126 valence electrons. The highest BCUT2D eigenvalue weighted by atomic mass is 32.2. The van der Waals surface area contributed by atoms with Gasteiger partial charge in [0, 0.05) is 0 Å². The molecule has 1 aromatic carbocycles. The summed E-state index contributed by atoms with van der Waals surface area (Å²) in [5, 5.41) is 0. The van der Waals surface area contributed by atoms with Crippen molar-refractivity contribution >= 4 is 18.4 Å². The van der Waals surface area contributed by atoms with Gasteiger partial charge in [-0.05, 0) is 44.1 Å². The summed E-state index contributed by atoms with van der Waals surface area (Å²) >= 11 is 0. The first kappa shape index (κ1) is 19.4. The van der Waals surface area contributed by atoms with E-state index in [4.69, 9.17) is 8.61 Å². The zero-order chi connectivity index (χ0) is 16.8. The van der Waals surface area contributed by atoms with Crippen LogP contribution < -0.4 is 0 Å². The molecule has 0 heterocycles. The molecule has 0 amide bonds. The lowest BCUT2D eigenvalue weighted by molar-refractivity contribution is 0.141. The Morgan fingerprint density at radius 1 is 1.05 bits per heavy atom. The Morgan fingerprint density at radius 2 is 1.55 bits per heavy atom. The second-order valence-electron chi connectivity index (χ2n) is 5.73. The molecule has 0 aliphatic carbocycles. The Hall–Kier alpha value is -0.693. The highest BCUT2D eigenvalue weighted by Crippen LogP contribution is 2.23. The average Bonchev–Trinajstić information content (AvgIpc) is 2.49. The third-order valence-electron chi connectivity index (χ3n) is 4.16. The normalized spacial score (nSPS) is 14.0. The molecule has 0 radical (unpaired) electrons. The highest BCUT2D eigenvalue weighted by molar-refractivity contribution is 7.86. The first-order valence-electron chi connectivity index (χ1n) is 7.92. The molecule has 0 fully saturated rings. The second-order valence-corrected chi connectivity index (χ2v) is 12.1. The molecule has 0 spiro atoms. The van der Waals surface area contributed by atoms with E-state index < -0.39 is 24.5 Å². The van der Waals surface area contributed by atoms with E-state index >= 15 is 0 Å². The van der Waals surface area contributed by atoms with Crippen LogP contribution in [0.4, 0.5) is 0 Å². The van der Waals surface area contributed by atoms with E-state index in [1.807, 2.05) is 6.92 Å². The zero-order valence-corrected chi connectivity index (χ0v) is 16.1. The smallest absolute Gasteiger partial charge is 0.297 e. The predicted octanol–water partition coefficient (Wildman–Crippen LogP) is 4.11. The van der Waals surface area contributed by atoms with E-state index in [-0.39, 0.29) is 4.90 Å². The lowest BCUT2D eigenvalue weighted by Crippen LogP contribution is -2.38. The van der Waals surface area contributed by atoms with Crippen molar-refractivity contribution in [3.8, 4) is 0 Å². The molecule has 6 heteroatoms. The predicted molar refractivity (Wildman–Crippen MR) is 92.1 cm³/mol. The van der Waals surface area contributed by atoms with Gasteiger partial charge in [-0.2, -0.15) is 8.42 Å². The van der Waals surface area contributed by atoms with E-state index in [0.29, 0.717) is 6.61 Å². The van der Waals surface area contributed by atoms with Gasteiger partial charge >= 0.3 is 0 Å². The van der Waals surface area contributed by atoms with Gasteiger partial charge in [0.15, 0.2) is 8.32 Å². The molecule has 0 aromatic heterocycles. The van der Waals surface area contributed by atoms with Crippen molar-refractivity contribution in [2.24, 2.45) is 0 Å². The Morgan fingerprint density at radius 3 is 2.00 bits per heavy atom. The number of benzene rings is 1. The van der Waals surface area contributed by atoms with Gasteiger partial charge < -0.3 is 4.43 Å². The molecule has 0 N–H and O–H groups in total. The van der Waals surface area contributed by atoms with Gasteiger partial charge in [-0.25, -0.2) is 0 Å². The minimum absolute atomic E-state index is 0.190. The fourth-order valence-corrected chi connectivity index (χ4v) is 6.12. The van der Waals surface area contributed by atoms with E-state index in [0.717, 1.165) is 23.7 Å². The van der Waals surface area contributed by atoms with Crippen LogP contribution in [0.5, 0.6) is 0 Å². The molecular formula is C16H28O4SSi. The van der Waals surface area contributed by atoms with Gasteiger partial charge in [0.25, 0.3) is 10.1 Å². The van der Waals surface area contributed by atoms with E-state index in [1.165, 1.54) is 0 Å². The van der Waals surface area contributed by atoms with Crippen LogP contribution in [0.3, 0.4) is 0 Å². The number of aryl methyl sites for hydroxylation is 1. The second kappa shape index (κ2) is 8.24. The van der Waals surface area contributed by atoms with Crippen molar-refractivity contribution in [3.05, 3.63) is 29.8 Å². The van der Waals surface area contributed by atoms with Crippen LogP contribution in [0.25, 0.3) is 0 Å². The van der Waals surface area contributed by atoms with E-state index in [2.05, 4.69) is 20.8 Å². The third kappa shape index (κ3) is 5.19.